The molecule has 16 heteroatoms. The van der Waals surface area contributed by atoms with Crippen molar-refractivity contribution >= 4 is 74.5 Å². The third kappa shape index (κ3) is 21.2. The zero-order valence-electron chi connectivity index (χ0n) is 30.9. The van der Waals surface area contributed by atoms with Crippen LogP contribution in [0.25, 0.3) is 0 Å². The first-order valence-corrected chi connectivity index (χ1v) is 23.8. The second-order valence-corrected chi connectivity index (χ2v) is 21.7. The predicted molar refractivity (Wildman–Crippen MR) is 218 cm³/mol. The molecular weight excluding hydrogens is 893 g/mol. The Morgan fingerprint density at radius 2 is 1.08 bits per heavy atom. The summed E-state index contributed by atoms with van der Waals surface area (Å²) in [5.41, 5.74) is 6.50. The van der Waals surface area contributed by atoms with Gasteiger partial charge in [-0.15, -0.1) is 0 Å². The molecule has 1 N–H and O–H groups in total. The summed E-state index contributed by atoms with van der Waals surface area (Å²) in [4.78, 5) is 30.8. The number of methoxy groups -OCH3 is 1. The van der Waals surface area contributed by atoms with Crippen molar-refractivity contribution in [2.75, 3.05) is 63.6 Å². The summed E-state index contributed by atoms with van der Waals surface area (Å²) in [5.74, 6) is 1.11. The number of benzene rings is 2. The van der Waals surface area contributed by atoms with Gasteiger partial charge in [0.2, 0.25) is 5.90 Å². The molecule has 49 heavy (non-hydrogen) atoms. The van der Waals surface area contributed by atoms with Crippen LogP contribution in [0.4, 0.5) is 0 Å². The summed E-state index contributed by atoms with van der Waals surface area (Å²) in [7, 11) is 16.1. The van der Waals surface area contributed by atoms with Gasteiger partial charge in [0.1, 0.15) is 27.4 Å². The van der Waals surface area contributed by atoms with Gasteiger partial charge in [-0.1, -0.05) is 69.2 Å². The molecule has 0 saturated carbocycles. The molecule has 273 valence electrons. The van der Waals surface area contributed by atoms with E-state index in [2.05, 4.69) is 75.9 Å². The van der Waals surface area contributed by atoms with Gasteiger partial charge in [-0.2, -0.15) is 0 Å². The molecule has 0 heterocycles. The van der Waals surface area contributed by atoms with Gasteiger partial charge < -0.3 is 34.3 Å². The van der Waals surface area contributed by atoms with Crippen molar-refractivity contribution in [3.05, 3.63) is 70.8 Å². The van der Waals surface area contributed by atoms with Crippen LogP contribution in [0.5, 0.6) is 0 Å². The zero-order chi connectivity index (χ0) is 37.6. The van der Waals surface area contributed by atoms with E-state index in [1.54, 1.807) is 14.1 Å². The van der Waals surface area contributed by atoms with Gasteiger partial charge in [0, 0.05) is 50.4 Å². The zero-order valence-corrected chi connectivity index (χ0v) is 36.6. The standard InChI is InChI=1S/C16H24N4O2.C15H21N3O3.C2H7N.2HI.V/c1-12(2)18-22-11-13-9-7-8-10-14(13)15(19-21-6)16(17-3)20(4)5;1-11(2)17-21-10-12-8-6-7-9-13(12)14(18-20-5)15(16-3)19-4;1-3-2;;;/h7-10H,11H2,1-6H3;6-9H,10H2,1-5H3;3H,1-2H3;2*1H;/q;;;;;+2/p-2/b17-16?,19-15+;16-15?,18-14+;;;;. The number of halogens is 2. The molecule has 0 aliphatic heterocycles. The number of rotatable bonds is 12. The van der Waals surface area contributed by atoms with Gasteiger partial charge >= 0.3 is 49.4 Å². The Balaban J connectivity index is 0. The van der Waals surface area contributed by atoms with Crippen molar-refractivity contribution in [2.24, 2.45) is 30.6 Å². The van der Waals surface area contributed by atoms with Crippen molar-refractivity contribution in [1.29, 1.82) is 0 Å². The van der Waals surface area contributed by atoms with Crippen molar-refractivity contribution in [3.8, 4) is 0 Å². The topological polar surface area (TPSA) is 136 Å². The SMILES string of the molecule is CN=C(/C(=N/OC)c1ccccc1CON=C(C)C)N(C)C.CN=C(OC)/C(=N/OC)c1ccccc1CON=C(C)C.CNC.[I][V][I]. The molecule has 0 saturated heterocycles. The van der Waals surface area contributed by atoms with Gasteiger partial charge in [0.15, 0.2) is 17.3 Å². The van der Waals surface area contributed by atoms with Crippen molar-refractivity contribution in [2.45, 2.75) is 40.9 Å². The first-order valence-electron chi connectivity index (χ1n) is 14.8. The Hall–Kier alpha value is -2.74. The summed E-state index contributed by atoms with van der Waals surface area (Å²) < 4.78 is 5.24. The van der Waals surface area contributed by atoms with E-state index < -0.39 is 0 Å². The molecule has 0 aromatic heterocycles. The fourth-order valence-corrected chi connectivity index (χ4v) is 3.62. The molecule has 0 radical (unpaired) electrons. The number of nitrogens with one attached hydrogen (secondary N) is 1. The third-order valence-electron chi connectivity index (χ3n) is 5.29. The van der Waals surface area contributed by atoms with Gasteiger partial charge in [-0.3, -0.25) is 9.98 Å². The van der Waals surface area contributed by atoms with Crippen LogP contribution in [-0.4, -0.2) is 103 Å². The van der Waals surface area contributed by atoms with E-state index in [-0.39, 0.29) is 0 Å². The molecule has 0 unspecified atom stereocenters. The van der Waals surface area contributed by atoms with E-state index >= 15 is 0 Å². The summed E-state index contributed by atoms with van der Waals surface area (Å²) in [6.45, 7) is 8.20. The third-order valence-corrected chi connectivity index (χ3v) is 5.29. The first-order chi connectivity index (χ1) is 23.5. The van der Waals surface area contributed by atoms with Gasteiger partial charge in [0.25, 0.3) is 0 Å². The fraction of sp³-hybridized carbons (Fsp3) is 0.455. The summed E-state index contributed by atoms with van der Waals surface area (Å²) in [5, 5.41) is 18.8. The van der Waals surface area contributed by atoms with Crippen LogP contribution in [0.15, 0.2) is 79.1 Å². The normalized spacial score (nSPS) is 11.1. The summed E-state index contributed by atoms with van der Waals surface area (Å²) in [6, 6.07) is 15.5. The molecule has 0 fully saturated rings. The minimum atomic E-state index is 0.324. The van der Waals surface area contributed by atoms with Crippen LogP contribution in [-0.2, 0) is 46.8 Å². The fourth-order valence-electron chi connectivity index (χ4n) is 3.62. The maximum atomic E-state index is 5.36. The predicted octanol–water partition coefficient (Wildman–Crippen LogP) is 6.77. The molecule has 0 aliphatic rings. The van der Waals surface area contributed by atoms with E-state index in [4.69, 9.17) is 24.1 Å². The number of ether oxygens (including phenoxy) is 1. The molecule has 0 amide bonds. The Labute approximate surface area is 321 Å². The quantitative estimate of drug-likeness (QED) is 0.108. The second-order valence-electron chi connectivity index (χ2n) is 9.92. The molecule has 2 aromatic carbocycles. The Morgan fingerprint density at radius 1 is 0.694 bits per heavy atom. The summed E-state index contributed by atoms with van der Waals surface area (Å²) in [6.07, 6.45) is 0. The van der Waals surface area contributed by atoms with Gasteiger partial charge in [-0.05, 0) is 41.8 Å². The van der Waals surface area contributed by atoms with E-state index in [0.29, 0.717) is 40.0 Å². The van der Waals surface area contributed by atoms with E-state index in [0.717, 1.165) is 39.5 Å². The molecule has 0 aliphatic carbocycles. The molecule has 2 rings (SSSR count). The van der Waals surface area contributed by atoms with E-state index in [9.17, 15) is 0 Å². The first kappa shape index (κ1) is 48.4. The average molecular weight is 946 g/mol. The maximum absolute atomic E-state index is 5.36. The molecule has 0 spiro atoms. The number of aliphatic imine (C=N–C) groups is 2. The summed E-state index contributed by atoms with van der Waals surface area (Å²) >= 11 is 4.74. The Bertz CT molecular complexity index is 1380. The van der Waals surface area contributed by atoms with Crippen LogP contribution >= 0.6 is 40.0 Å². The number of likely N-dealkylation sites (N-methyl/N-ethyl adjacent to an activating group) is 1. The van der Waals surface area contributed by atoms with Crippen molar-refractivity contribution < 1.29 is 33.6 Å². The molecule has 13 nitrogen and oxygen atoms in total. The second kappa shape index (κ2) is 31.3. The van der Waals surface area contributed by atoms with Crippen LogP contribution in [0.3, 0.4) is 0 Å². The molecule has 0 bridgehead atoms. The number of amidine groups is 1. The van der Waals surface area contributed by atoms with Gasteiger partial charge in [0.05, 0.1) is 18.5 Å². The monoisotopic (exact) mass is 945 g/mol. The number of oxime groups is 4. The number of nitrogens with zero attached hydrogens (tertiary/aromatic N) is 7. The van der Waals surface area contributed by atoms with E-state index in [1.807, 2.05) is 109 Å². The van der Waals surface area contributed by atoms with Crippen LogP contribution in [0.1, 0.15) is 49.9 Å². The van der Waals surface area contributed by atoms with Crippen molar-refractivity contribution in [1.82, 2.24) is 10.2 Å². The average Bonchev–Trinajstić information content (AvgIpc) is 3.06. The minimum absolute atomic E-state index is 0.324. The van der Waals surface area contributed by atoms with Crippen LogP contribution in [0.2, 0.25) is 0 Å². The molecular formula is C33H52I2N8O5V. The molecule has 2 aromatic rings. The molecule has 0 atom stereocenters. The number of hydrogen-bond acceptors (Lipinski definition) is 12. The Kier molecular flexibility index (Phi) is 30.9. The van der Waals surface area contributed by atoms with E-state index in [1.165, 1.54) is 21.3 Å². The van der Waals surface area contributed by atoms with Gasteiger partial charge in [-0.25, -0.2) is 0 Å². The van der Waals surface area contributed by atoms with Crippen molar-refractivity contribution in [3.63, 3.8) is 0 Å². The Morgan fingerprint density at radius 3 is 1.41 bits per heavy atom. The number of hydrogen-bond donors (Lipinski definition) is 1. The van der Waals surface area contributed by atoms with Crippen LogP contribution in [0, 0.1) is 0 Å². The van der Waals surface area contributed by atoms with Crippen LogP contribution < -0.4 is 5.32 Å².